The fourth-order valence-electron chi connectivity index (χ4n) is 2.34. The summed E-state index contributed by atoms with van der Waals surface area (Å²) in [6.07, 6.45) is 0. The van der Waals surface area contributed by atoms with E-state index in [0.29, 0.717) is 22.8 Å². The molecule has 0 saturated heterocycles. The number of nitrogens with one attached hydrogen (secondary N) is 1. The van der Waals surface area contributed by atoms with Gasteiger partial charge in [0, 0.05) is 23.3 Å². The molecule has 5 heteroatoms. The van der Waals surface area contributed by atoms with E-state index in [9.17, 15) is 4.79 Å². The Hall–Kier alpha value is -2.35. The van der Waals surface area contributed by atoms with Crippen LogP contribution >= 0.6 is 11.6 Å². The summed E-state index contributed by atoms with van der Waals surface area (Å²) in [6.45, 7) is 5.01. The molecule has 0 aliphatic carbocycles. The smallest absolute Gasteiger partial charge is 0.238 e. The third-order valence-corrected chi connectivity index (χ3v) is 3.86. The van der Waals surface area contributed by atoms with Crippen LogP contribution in [0.2, 0.25) is 5.02 Å². The van der Waals surface area contributed by atoms with Crippen molar-refractivity contribution in [2.45, 2.75) is 26.4 Å². The third kappa shape index (κ3) is 5.38. The molecule has 1 amide bonds. The molecule has 0 heterocycles. The molecule has 0 aliphatic heterocycles. The number of anilines is 1. The summed E-state index contributed by atoms with van der Waals surface area (Å²) in [7, 11) is 0. The van der Waals surface area contributed by atoms with Crippen LogP contribution in [0.1, 0.15) is 25.0 Å². The van der Waals surface area contributed by atoms with Gasteiger partial charge >= 0.3 is 0 Å². The van der Waals surface area contributed by atoms with E-state index < -0.39 is 0 Å². The van der Waals surface area contributed by atoms with Crippen molar-refractivity contribution in [1.82, 2.24) is 4.90 Å². The molecule has 0 bridgehead atoms. The van der Waals surface area contributed by atoms with Gasteiger partial charge in [0.25, 0.3) is 0 Å². The van der Waals surface area contributed by atoms with E-state index >= 15 is 0 Å². The van der Waals surface area contributed by atoms with E-state index in [1.165, 1.54) is 0 Å². The number of carbonyl (C=O) groups is 1. The van der Waals surface area contributed by atoms with Gasteiger partial charge in [0.15, 0.2) is 0 Å². The Morgan fingerprint density at radius 2 is 2.00 bits per heavy atom. The maximum atomic E-state index is 12.3. The molecule has 0 atom stereocenters. The summed E-state index contributed by atoms with van der Waals surface area (Å²) < 4.78 is 0. The largest absolute Gasteiger partial charge is 0.325 e. The lowest BCUT2D eigenvalue weighted by Crippen LogP contribution is -2.37. The number of hydrogen-bond acceptors (Lipinski definition) is 3. The molecule has 0 unspecified atom stereocenters. The average molecular weight is 342 g/mol. The summed E-state index contributed by atoms with van der Waals surface area (Å²) in [5, 5.41) is 12.4. The Morgan fingerprint density at radius 1 is 1.25 bits per heavy atom. The maximum absolute atomic E-state index is 12.3. The molecule has 2 aromatic carbocycles. The molecule has 0 fully saturated rings. The van der Waals surface area contributed by atoms with Crippen LogP contribution in [0.25, 0.3) is 0 Å². The summed E-state index contributed by atoms with van der Waals surface area (Å²) >= 11 is 6.03. The Balaban J connectivity index is 2.01. The number of nitriles is 1. The molecule has 2 aromatic rings. The third-order valence-electron chi connectivity index (χ3n) is 3.63. The predicted octanol–water partition coefficient (Wildman–Crippen LogP) is 4.06. The van der Waals surface area contributed by atoms with Crippen LogP contribution in [0.15, 0.2) is 48.5 Å². The molecule has 1 N–H and O–H groups in total. The van der Waals surface area contributed by atoms with Gasteiger partial charge in [-0.15, -0.1) is 0 Å². The molecule has 24 heavy (non-hydrogen) atoms. The van der Waals surface area contributed by atoms with Crippen LogP contribution in [0, 0.1) is 11.3 Å². The molecule has 4 nitrogen and oxygen atoms in total. The highest BCUT2D eigenvalue weighted by Gasteiger charge is 2.15. The molecular formula is C19H20ClN3O. The highest BCUT2D eigenvalue weighted by molar-refractivity contribution is 6.30. The van der Waals surface area contributed by atoms with E-state index in [1.807, 2.05) is 38.1 Å². The number of amides is 1. The maximum Gasteiger partial charge on any atom is 0.238 e. The first-order chi connectivity index (χ1) is 11.5. The van der Waals surface area contributed by atoms with Crippen LogP contribution in [0.3, 0.4) is 0 Å². The van der Waals surface area contributed by atoms with Gasteiger partial charge in [0.05, 0.1) is 18.2 Å². The van der Waals surface area contributed by atoms with Gasteiger partial charge in [0.1, 0.15) is 0 Å². The first-order valence-electron chi connectivity index (χ1n) is 7.76. The van der Waals surface area contributed by atoms with E-state index in [1.54, 1.807) is 24.3 Å². The van der Waals surface area contributed by atoms with Crippen molar-refractivity contribution in [3.05, 3.63) is 64.7 Å². The summed E-state index contributed by atoms with van der Waals surface area (Å²) in [6, 6.07) is 16.8. The van der Waals surface area contributed by atoms with Crippen molar-refractivity contribution in [3.63, 3.8) is 0 Å². The van der Waals surface area contributed by atoms with Crippen molar-refractivity contribution in [2.24, 2.45) is 0 Å². The summed E-state index contributed by atoms with van der Waals surface area (Å²) in [5.74, 6) is -0.110. The zero-order valence-corrected chi connectivity index (χ0v) is 14.5. The lowest BCUT2D eigenvalue weighted by Gasteiger charge is -2.26. The minimum Gasteiger partial charge on any atom is -0.325 e. The van der Waals surface area contributed by atoms with Gasteiger partial charge in [-0.05, 0) is 49.7 Å². The van der Waals surface area contributed by atoms with E-state index in [4.69, 9.17) is 16.9 Å². The highest BCUT2D eigenvalue weighted by Crippen LogP contribution is 2.15. The Kier molecular flexibility index (Phi) is 6.36. The zero-order valence-electron chi connectivity index (χ0n) is 13.8. The van der Waals surface area contributed by atoms with Gasteiger partial charge in [0.2, 0.25) is 5.91 Å². The number of rotatable bonds is 6. The molecular weight excluding hydrogens is 322 g/mol. The number of nitrogens with zero attached hydrogens (tertiary/aromatic N) is 2. The second-order valence-electron chi connectivity index (χ2n) is 5.87. The molecule has 0 aliphatic rings. The van der Waals surface area contributed by atoms with Crippen LogP contribution < -0.4 is 5.32 Å². The van der Waals surface area contributed by atoms with Gasteiger partial charge in [-0.25, -0.2) is 0 Å². The standard InChI is InChI=1S/C19H20ClN3O/c1-14(2)23(12-16-6-3-7-17(20)9-16)13-19(24)22-18-8-4-5-15(10-18)11-21/h3-10,14H,12-13H2,1-2H3,(H,22,24). The molecule has 0 radical (unpaired) electrons. The van der Waals surface area contributed by atoms with Crippen LogP contribution in [-0.4, -0.2) is 23.4 Å². The van der Waals surface area contributed by atoms with Gasteiger partial charge in [-0.3, -0.25) is 9.69 Å². The molecule has 124 valence electrons. The summed E-state index contributed by atoms with van der Waals surface area (Å²) in [5.41, 5.74) is 2.22. The second kappa shape index (κ2) is 8.49. The fraction of sp³-hybridized carbons (Fsp3) is 0.263. The second-order valence-corrected chi connectivity index (χ2v) is 6.31. The average Bonchev–Trinajstić information content (AvgIpc) is 2.54. The normalized spacial score (nSPS) is 10.7. The highest BCUT2D eigenvalue weighted by atomic mass is 35.5. The molecule has 0 saturated carbocycles. The first-order valence-corrected chi connectivity index (χ1v) is 8.14. The molecule has 0 spiro atoms. The van der Waals surface area contributed by atoms with Crippen LogP contribution in [0.4, 0.5) is 5.69 Å². The van der Waals surface area contributed by atoms with Crippen molar-refractivity contribution in [2.75, 3.05) is 11.9 Å². The number of carbonyl (C=O) groups excluding carboxylic acids is 1. The lowest BCUT2D eigenvalue weighted by molar-refractivity contribution is -0.117. The lowest BCUT2D eigenvalue weighted by atomic mass is 10.2. The van der Waals surface area contributed by atoms with E-state index in [-0.39, 0.29) is 18.5 Å². The number of halogens is 1. The SMILES string of the molecule is CC(C)N(CC(=O)Nc1cccc(C#N)c1)Cc1cccc(Cl)c1. The predicted molar refractivity (Wildman–Crippen MR) is 96.8 cm³/mol. The Morgan fingerprint density at radius 3 is 2.67 bits per heavy atom. The monoisotopic (exact) mass is 341 g/mol. The van der Waals surface area contributed by atoms with Crippen molar-refractivity contribution < 1.29 is 4.79 Å². The van der Waals surface area contributed by atoms with Crippen LogP contribution in [0.5, 0.6) is 0 Å². The van der Waals surface area contributed by atoms with Crippen LogP contribution in [-0.2, 0) is 11.3 Å². The number of hydrogen-bond donors (Lipinski definition) is 1. The van der Waals surface area contributed by atoms with Gasteiger partial charge < -0.3 is 5.32 Å². The van der Waals surface area contributed by atoms with Crippen molar-refractivity contribution in [1.29, 1.82) is 5.26 Å². The van der Waals surface area contributed by atoms with E-state index in [2.05, 4.69) is 16.3 Å². The zero-order chi connectivity index (χ0) is 17.5. The van der Waals surface area contributed by atoms with Gasteiger partial charge in [-0.2, -0.15) is 5.26 Å². The number of benzene rings is 2. The van der Waals surface area contributed by atoms with Gasteiger partial charge in [-0.1, -0.05) is 29.8 Å². The topological polar surface area (TPSA) is 56.1 Å². The minimum absolute atomic E-state index is 0.110. The minimum atomic E-state index is -0.110. The summed E-state index contributed by atoms with van der Waals surface area (Å²) in [4.78, 5) is 14.4. The molecule has 2 rings (SSSR count). The Bertz CT molecular complexity index is 752. The molecule has 0 aromatic heterocycles. The quantitative estimate of drug-likeness (QED) is 0.862. The van der Waals surface area contributed by atoms with Crippen molar-refractivity contribution >= 4 is 23.2 Å². The first kappa shape index (κ1) is 18.0. The van der Waals surface area contributed by atoms with Crippen molar-refractivity contribution in [3.8, 4) is 6.07 Å². The fourth-order valence-corrected chi connectivity index (χ4v) is 2.56. The van der Waals surface area contributed by atoms with E-state index in [0.717, 1.165) is 5.56 Å². The Labute approximate surface area is 147 Å².